The highest BCUT2D eigenvalue weighted by Gasteiger charge is 2.28. The van der Waals surface area contributed by atoms with E-state index in [0.717, 1.165) is 35.3 Å². The van der Waals surface area contributed by atoms with Crippen molar-refractivity contribution in [2.24, 2.45) is 11.8 Å². The van der Waals surface area contributed by atoms with E-state index >= 15 is 0 Å². The van der Waals surface area contributed by atoms with E-state index in [0.29, 0.717) is 44.4 Å². The van der Waals surface area contributed by atoms with Gasteiger partial charge in [-0.2, -0.15) is 8.42 Å². The largest absolute Gasteiger partial charge is 0.461 e. The van der Waals surface area contributed by atoms with Crippen molar-refractivity contribution in [1.82, 2.24) is 15.5 Å². The van der Waals surface area contributed by atoms with Crippen LogP contribution in [0.2, 0.25) is 0 Å². The van der Waals surface area contributed by atoms with Gasteiger partial charge in [0, 0.05) is 44.0 Å². The number of carbonyl (C=O) groups excluding carboxylic acids is 6. The summed E-state index contributed by atoms with van der Waals surface area (Å²) in [6.45, 7) is 5.94. The van der Waals surface area contributed by atoms with Gasteiger partial charge in [-0.15, -0.1) is 0 Å². The van der Waals surface area contributed by atoms with Gasteiger partial charge in [0.15, 0.2) is 0 Å². The average Bonchev–Trinajstić information content (AvgIpc) is 3.36. The van der Waals surface area contributed by atoms with Crippen LogP contribution in [0.4, 0.5) is 5.69 Å². The number of benzene rings is 1. The van der Waals surface area contributed by atoms with Gasteiger partial charge in [0.1, 0.15) is 18.7 Å². The number of aryl methyl sites for hydroxylation is 1. The van der Waals surface area contributed by atoms with Crippen molar-refractivity contribution in [1.29, 1.82) is 0 Å². The molecule has 15 nitrogen and oxygen atoms in total. The van der Waals surface area contributed by atoms with Gasteiger partial charge in [-0.1, -0.05) is 32.8 Å². The van der Waals surface area contributed by atoms with Crippen LogP contribution in [0.15, 0.2) is 30.4 Å². The number of imide groups is 1. The maximum Gasteiger partial charge on any atom is 0.309 e. The summed E-state index contributed by atoms with van der Waals surface area (Å²) in [6, 6.07) is 3.40. The standard InChI is InChI=1S/C36H52N4O11S/c1-24(2)33(39-30(41)13-5-4-6-18-40-31(42)16-17-32(40)43)35(45)37-25(3)34(44)38-29-15-14-28(23-51-36(46)26-10-7-11-26)27(22-29)12-8-19-50-20-9-21-52(47,48)49/h14-17,22,24-26,33H,4-13,18-21,23H2,1-3H3,(H,37,45)(H,38,44)(H,39,41)(H,47,48,49)/t25-,33-/m0/s1. The average molecular weight is 749 g/mol. The molecule has 1 fully saturated rings. The van der Waals surface area contributed by atoms with Gasteiger partial charge < -0.3 is 25.4 Å². The number of hydrogen-bond acceptors (Lipinski definition) is 10. The lowest BCUT2D eigenvalue weighted by Gasteiger charge is -2.24. The molecule has 0 spiro atoms. The van der Waals surface area contributed by atoms with Gasteiger partial charge in [-0.3, -0.25) is 38.2 Å². The van der Waals surface area contributed by atoms with Crippen LogP contribution in [0.3, 0.4) is 0 Å². The number of hydrogen-bond donors (Lipinski definition) is 4. The quantitative estimate of drug-likeness (QED) is 0.0553. The van der Waals surface area contributed by atoms with Crippen LogP contribution in [-0.2, 0) is 61.4 Å². The molecule has 1 aliphatic heterocycles. The number of ether oxygens (including phenoxy) is 2. The Morgan fingerprint density at radius 3 is 2.23 bits per heavy atom. The Labute approximate surface area is 305 Å². The van der Waals surface area contributed by atoms with E-state index in [4.69, 9.17) is 14.0 Å². The van der Waals surface area contributed by atoms with Crippen molar-refractivity contribution >= 4 is 51.3 Å². The first-order chi connectivity index (χ1) is 24.6. The fraction of sp³-hybridized carbons (Fsp3) is 0.611. The molecule has 1 aromatic carbocycles. The van der Waals surface area contributed by atoms with E-state index in [9.17, 15) is 37.2 Å². The Bertz CT molecular complexity index is 1560. The lowest BCUT2D eigenvalue weighted by atomic mass is 9.86. The molecule has 4 N–H and O–H groups in total. The SMILES string of the molecule is CC(C)[C@H](NC(=O)CCCCCN1C(=O)C=CC1=O)C(=O)N[C@@H](C)C(=O)Nc1ccc(COC(=O)C2CCC2)c(CCCOCCCS(=O)(=O)O)c1. The number of anilines is 1. The minimum absolute atomic E-state index is 0.0707. The number of carbonyl (C=O) groups is 6. The molecule has 0 saturated heterocycles. The third kappa shape index (κ3) is 14.5. The van der Waals surface area contributed by atoms with E-state index in [-0.39, 0.29) is 73.9 Å². The highest BCUT2D eigenvalue weighted by molar-refractivity contribution is 7.85. The highest BCUT2D eigenvalue weighted by atomic mass is 32.2. The molecule has 0 bridgehead atoms. The molecule has 0 unspecified atom stereocenters. The normalized spacial score (nSPS) is 15.7. The third-order valence-corrected chi connectivity index (χ3v) is 9.72. The molecule has 288 valence electrons. The number of unbranched alkanes of at least 4 members (excludes halogenated alkanes) is 2. The Balaban J connectivity index is 1.50. The number of nitrogens with one attached hydrogen (secondary N) is 3. The van der Waals surface area contributed by atoms with E-state index in [1.165, 1.54) is 19.1 Å². The molecular weight excluding hydrogens is 696 g/mol. The number of amides is 5. The van der Waals surface area contributed by atoms with Gasteiger partial charge in [-0.05, 0) is 81.0 Å². The molecule has 1 aliphatic carbocycles. The summed E-state index contributed by atoms with van der Waals surface area (Å²) in [5, 5.41) is 8.25. The molecule has 1 saturated carbocycles. The lowest BCUT2D eigenvalue weighted by Crippen LogP contribution is -2.53. The van der Waals surface area contributed by atoms with Crippen LogP contribution in [0.25, 0.3) is 0 Å². The van der Waals surface area contributed by atoms with Crippen molar-refractivity contribution in [3.05, 3.63) is 41.5 Å². The lowest BCUT2D eigenvalue weighted by molar-refractivity contribution is -0.152. The predicted molar refractivity (Wildman–Crippen MR) is 191 cm³/mol. The first-order valence-electron chi connectivity index (χ1n) is 17.9. The van der Waals surface area contributed by atoms with E-state index < -0.39 is 34.0 Å². The second-order valence-electron chi connectivity index (χ2n) is 13.6. The highest BCUT2D eigenvalue weighted by Crippen LogP contribution is 2.28. The molecule has 52 heavy (non-hydrogen) atoms. The Hall–Kier alpha value is -4.15. The van der Waals surface area contributed by atoms with Crippen LogP contribution in [0.1, 0.15) is 89.7 Å². The Morgan fingerprint density at radius 1 is 0.904 bits per heavy atom. The second-order valence-corrected chi connectivity index (χ2v) is 15.1. The summed E-state index contributed by atoms with van der Waals surface area (Å²) in [5.41, 5.74) is 2.05. The maximum absolute atomic E-state index is 13.2. The van der Waals surface area contributed by atoms with Crippen LogP contribution >= 0.6 is 0 Å². The summed E-state index contributed by atoms with van der Waals surface area (Å²) in [5.74, 6) is -2.96. The van der Waals surface area contributed by atoms with Crippen LogP contribution in [0, 0.1) is 11.8 Å². The van der Waals surface area contributed by atoms with Gasteiger partial charge in [0.2, 0.25) is 17.7 Å². The molecule has 3 rings (SSSR count). The van der Waals surface area contributed by atoms with Crippen LogP contribution in [0.5, 0.6) is 0 Å². The number of esters is 1. The van der Waals surface area contributed by atoms with E-state index in [2.05, 4.69) is 16.0 Å². The smallest absolute Gasteiger partial charge is 0.309 e. The zero-order valence-corrected chi connectivity index (χ0v) is 31.0. The fourth-order valence-electron chi connectivity index (χ4n) is 5.58. The minimum atomic E-state index is -4.05. The molecule has 1 heterocycles. The van der Waals surface area contributed by atoms with Crippen molar-refractivity contribution in [2.45, 2.75) is 104 Å². The van der Waals surface area contributed by atoms with Crippen molar-refractivity contribution in [2.75, 3.05) is 30.8 Å². The number of rotatable bonds is 23. The summed E-state index contributed by atoms with van der Waals surface area (Å²) in [7, 11) is -4.05. The molecule has 1 aromatic rings. The Morgan fingerprint density at radius 2 is 1.60 bits per heavy atom. The Kier molecular flexibility index (Phi) is 16.9. The summed E-state index contributed by atoms with van der Waals surface area (Å²) in [4.78, 5) is 75.8. The molecule has 5 amide bonds. The summed E-state index contributed by atoms with van der Waals surface area (Å²) < 4.78 is 41.7. The first-order valence-corrected chi connectivity index (χ1v) is 19.5. The molecule has 2 aliphatic rings. The summed E-state index contributed by atoms with van der Waals surface area (Å²) >= 11 is 0. The van der Waals surface area contributed by atoms with Gasteiger partial charge in [0.25, 0.3) is 21.9 Å². The van der Waals surface area contributed by atoms with Crippen molar-refractivity contribution in [3.63, 3.8) is 0 Å². The predicted octanol–water partition coefficient (Wildman–Crippen LogP) is 2.83. The first kappa shape index (κ1) is 42.3. The summed E-state index contributed by atoms with van der Waals surface area (Å²) in [6.07, 6.45) is 8.16. The zero-order valence-electron chi connectivity index (χ0n) is 30.2. The molecule has 16 heteroatoms. The fourth-order valence-corrected chi connectivity index (χ4v) is 6.06. The molecule has 0 radical (unpaired) electrons. The van der Waals surface area contributed by atoms with Crippen LogP contribution in [-0.4, -0.2) is 91.0 Å². The topological polar surface area (TPSA) is 215 Å². The van der Waals surface area contributed by atoms with E-state index in [1.54, 1.807) is 32.0 Å². The number of nitrogens with zero attached hydrogens (tertiary/aromatic N) is 1. The van der Waals surface area contributed by atoms with Crippen molar-refractivity contribution < 1.29 is 51.2 Å². The second kappa shape index (κ2) is 20.8. The van der Waals surface area contributed by atoms with Gasteiger partial charge in [-0.25, -0.2) is 0 Å². The zero-order chi connectivity index (χ0) is 38.3. The molecule has 0 aromatic heterocycles. The molecule has 2 atom stereocenters. The molecular formula is C36H52N4O11S. The maximum atomic E-state index is 13.2. The van der Waals surface area contributed by atoms with Crippen molar-refractivity contribution in [3.8, 4) is 0 Å². The van der Waals surface area contributed by atoms with E-state index in [1.807, 2.05) is 0 Å². The van der Waals surface area contributed by atoms with Gasteiger partial charge in [0.05, 0.1) is 11.7 Å². The monoisotopic (exact) mass is 748 g/mol. The van der Waals surface area contributed by atoms with Gasteiger partial charge >= 0.3 is 5.97 Å². The minimum Gasteiger partial charge on any atom is -0.461 e. The third-order valence-electron chi connectivity index (χ3n) is 8.91. The van der Waals surface area contributed by atoms with Crippen LogP contribution < -0.4 is 16.0 Å².